The third kappa shape index (κ3) is 4.88. The molecule has 0 aliphatic carbocycles. The minimum atomic E-state index is -0.0807. The smallest absolute Gasteiger partial charge is 0.191 e. The van der Waals surface area contributed by atoms with Gasteiger partial charge in [0.25, 0.3) is 0 Å². The average molecular weight is 354 g/mol. The largest absolute Gasteiger partial charge is 0.486 e. The number of pyridine rings is 1. The summed E-state index contributed by atoms with van der Waals surface area (Å²) in [6.45, 7) is 6.81. The summed E-state index contributed by atoms with van der Waals surface area (Å²) in [7, 11) is 0. The summed E-state index contributed by atoms with van der Waals surface area (Å²) in [6, 6.07) is 9.79. The van der Waals surface area contributed by atoms with Crippen LogP contribution in [0.1, 0.15) is 18.1 Å². The van der Waals surface area contributed by atoms with Crippen molar-refractivity contribution in [2.45, 2.75) is 26.4 Å². The number of aromatic nitrogens is 1. The van der Waals surface area contributed by atoms with Gasteiger partial charge in [-0.1, -0.05) is 12.1 Å². The molecule has 0 saturated carbocycles. The first kappa shape index (κ1) is 18.0. The van der Waals surface area contributed by atoms with Gasteiger partial charge in [0, 0.05) is 25.5 Å². The van der Waals surface area contributed by atoms with Gasteiger partial charge in [0.15, 0.2) is 23.6 Å². The van der Waals surface area contributed by atoms with E-state index in [9.17, 15) is 0 Å². The molecule has 26 heavy (non-hydrogen) atoms. The molecule has 2 aromatic rings. The monoisotopic (exact) mass is 354 g/mol. The van der Waals surface area contributed by atoms with Crippen LogP contribution in [0.4, 0.5) is 0 Å². The van der Waals surface area contributed by atoms with E-state index >= 15 is 0 Å². The Labute approximate surface area is 154 Å². The van der Waals surface area contributed by atoms with Gasteiger partial charge in [0.2, 0.25) is 0 Å². The number of aliphatic imine (C=N–C) groups is 1. The second-order valence-electron chi connectivity index (χ2n) is 6.20. The molecule has 0 fully saturated rings. The van der Waals surface area contributed by atoms with E-state index in [1.165, 1.54) is 11.1 Å². The molecule has 0 saturated heterocycles. The third-order valence-electron chi connectivity index (χ3n) is 4.19. The first-order valence-electron chi connectivity index (χ1n) is 9.06. The molecule has 0 radical (unpaired) electrons. The summed E-state index contributed by atoms with van der Waals surface area (Å²) in [4.78, 5) is 8.77. The van der Waals surface area contributed by atoms with Crippen molar-refractivity contribution >= 4 is 5.96 Å². The lowest BCUT2D eigenvalue weighted by Crippen LogP contribution is -2.40. The fourth-order valence-electron chi connectivity index (χ4n) is 2.79. The topological polar surface area (TPSA) is 67.8 Å². The highest BCUT2D eigenvalue weighted by Crippen LogP contribution is 2.30. The van der Waals surface area contributed by atoms with Crippen LogP contribution < -0.4 is 20.1 Å². The van der Waals surface area contributed by atoms with E-state index in [4.69, 9.17) is 9.47 Å². The molecular formula is C20H26N4O2. The Morgan fingerprint density at radius 2 is 2.08 bits per heavy atom. The van der Waals surface area contributed by atoms with Gasteiger partial charge < -0.3 is 20.1 Å². The van der Waals surface area contributed by atoms with Gasteiger partial charge >= 0.3 is 0 Å². The van der Waals surface area contributed by atoms with Gasteiger partial charge in [-0.2, -0.15) is 0 Å². The second-order valence-corrected chi connectivity index (χ2v) is 6.20. The molecule has 2 N–H and O–H groups in total. The molecule has 138 valence electrons. The number of benzene rings is 1. The van der Waals surface area contributed by atoms with Crippen LogP contribution in [0.3, 0.4) is 0 Å². The van der Waals surface area contributed by atoms with Crippen LogP contribution in [0.5, 0.6) is 11.5 Å². The van der Waals surface area contributed by atoms with Crippen LogP contribution >= 0.6 is 0 Å². The molecule has 6 nitrogen and oxygen atoms in total. The Hall–Kier alpha value is -2.76. The van der Waals surface area contributed by atoms with Gasteiger partial charge in [-0.05, 0) is 49.6 Å². The Kier molecular flexibility index (Phi) is 6.30. The Balaban J connectivity index is 1.52. The number of nitrogens with zero attached hydrogens (tertiary/aromatic N) is 2. The van der Waals surface area contributed by atoms with Crippen LogP contribution in [0, 0.1) is 6.92 Å². The molecule has 0 spiro atoms. The van der Waals surface area contributed by atoms with Gasteiger partial charge in [-0.25, -0.2) is 4.99 Å². The fourth-order valence-corrected chi connectivity index (χ4v) is 2.79. The highest BCUT2D eigenvalue weighted by atomic mass is 16.6. The lowest BCUT2D eigenvalue weighted by Gasteiger charge is -2.25. The van der Waals surface area contributed by atoms with Crippen LogP contribution in [0.2, 0.25) is 0 Å². The van der Waals surface area contributed by atoms with Crippen molar-refractivity contribution < 1.29 is 9.47 Å². The average Bonchev–Trinajstić information content (AvgIpc) is 2.67. The summed E-state index contributed by atoms with van der Waals surface area (Å²) in [5.74, 6) is 2.37. The summed E-state index contributed by atoms with van der Waals surface area (Å²) < 4.78 is 11.7. The number of para-hydroxylation sites is 2. The molecule has 1 aliphatic rings. The SMILES string of the molecule is CCNC(=NCC1COc2ccccc2O1)NCCc1ccncc1C. The maximum Gasteiger partial charge on any atom is 0.191 e. The summed E-state index contributed by atoms with van der Waals surface area (Å²) in [6.07, 6.45) is 4.57. The van der Waals surface area contributed by atoms with E-state index in [-0.39, 0.29) is 6.10 Å². The van der Waals surface area contributed by atoms with E-state index in [0.29, 0.717) is 13.2 Å². The number of aryl methyl sites for hydroxylation is 1. The molecule has 2 heterocycles. The van der Waals surface area contributed by atoms with E-state index < -0.39 is 0 Å². The number of hydrogen-bond donors (Lipinski definition) is 2. The highest BCUT2D eigenvalue weighted by molar-refractivity contribution is 5.79. The van der Waals surface area contributed by atoms with E-state index in [0.717, 1.165) is 37.0 Å². The Morgan fingerprint density at radius 3 is 2.88 bits per heavy atom. The van der Waals surface area contributed by atoms with Crippen molar-refractivity contribution in [3.05, 3.63) is 53.9 Å². The Morgan fingerprint density at radius 1 is 1.23 bits per heavy atom. The maximum atomic E-state index is 5.96. The molecule has 1 aromatic heterocycles. The second kappa shape index (κ2) is 9.08. The van der Waals surface area contributed by atoms with E-state index in [1.54, 1.807) is 0 Å². The van der Waals surface area contributed by atoms with Crippen molar-refractivity contribution in [1.29, 1.82) is 0 Å². The minimum Gasteiger partial charge on any atom is -0.486 e. The number of ether oxygens (including phenoxy) is 2. The van der Waals surface area contributed by atoms with Crippen LogP contribution in [0.15, 0.2) is 47.7 Å². The Bertz CT molecular complexity index is 748. The first-order chi connectivity index (χ1) is 12.8. The van der Waals surface area contributed by atoms with E-state index in [2.05, 4.69) is 40.5 Å². The van der Waals surface area contributed by atoms with Gasteiger partial charge in [0.1, 0.15) is 6.61 Å². The van der Waals surface area contributed by atoms with Crippen molar-refractivity contribution in [2.75, 3.05) is 26.2 Å². The molecule has 1 aromatic carbocycles. The molecule has 1 aliphatic heterocycles. The van der Waals surface area contributed by atoms with Gasteiger partial charge in [-0.15, -0.1) is 0 Å². The van der Waals surface area contributed by atoms with Crippen molar-refractivity contribution in [3.63, 3.8) is 0 Å². The van der Waals surface area contributed by atoms with Gasteiger partial charge in [0.05, 0.1) is 6.54 Å². The predicted molar refractivity (Wildman–Crippen MR) is 103 cm³/mol. The van der Waals surface area contributed by atoms with Crippen molar-refractivity contribution in [3.8, 4) is 11.5 Å². The van der Waals surface area contributed by atoms with Crippen molar-refractivity contribution in [1.82, 2.24) is 15.6 Å². The number of rotatable bonds is 6. The fraction of sp³-hybridized carbons (Fsp3) is 0.400. The number of fused-ring (bicyclic) bond motifs is 1. The first-order valence-corrected chi connectivity index (χ1v) is 9.06. The zero-order valence-electron chi connectivity index (χ0n) is 15.4. The number of hydrogen-bond acceptors (Lipinski definition) is 4. The lowest BCUT2D eigenvalue weighted by molar-refractivity contribution is 0.0971. The summed E-state index contributed by atoms with van der Waals surface area (Å²) >= 11 is 0. The molecule has 6 heteroatoms. The third-order valence-corrected chi connectivity index (χ3v) is 4.19. The maximum absolute atomic E-state index is 5.96. The van der Waals surface area contributed by atoms with Crippen LogP contribution in [-0.4, -0.2) is 43.3 Å². The molecule has 0 amide bonds. The zero-order valence-corrected chi connectivity index (χ0v) is 15.4. The van der Waals surface area contributed by atoms with Crippen LogP contribution in [-0.2, 0) is 6.42 Å². The summed E-state index contributed by atoms with van der Waals surface area (Å²) in [5, 5.41) is 6.65. The lowest BCUT2D eigenvalue weighted by atomic mass is 10.1. The molecule has 0 bridgehead atoms. The van der Waals surface area contributed by atoms with Gasteiger partial charge in [-0.3, -0.25) is 4.98 Å². The normalized spacial score (nSPS) is 16.2. The molecule has 1 atom stereocenters. The number of guanidine groups is 1. The predicted octanol–water partition coefficient (Wildman–Crippen LogP) is 2.33. The molecule has 3 rings (SSSR count). The number of nitrogens with one attached hydrogen (secondary N) is 2. The van der Waals surface area contributed by atoms with Crippen LogP contribution in [0.25, 0.3) is 0 Å². The van der Waals surface area contributed by atoms with Crippen molar-refractivity contribution in [2.24, 2.45) is 4.99 Å². The standard InChI is InChI=1S/C20H26N4O2/c1-3-22-20(23-11-9-16-8-10-21-12-15(16)2)24-13-17-14-25-18-6-4-5-7-19(18)26-17/h4-8,10,12,17H,3,9,11,13-14H2,1-2H3,(H2,22,23,24). The summed E-state index contributed by atoms with van der Waals surface area (Å²) in [5.41, 5.74) is 2.51. The molecular weight excluding hydrogens is 328 g/mol. The molecule has 1 unspecified atom stereocenters. The zero-order chi connectivity index (χ0) is 18.2. The quantitative estimate of drug-likeness (QED) is 0.616. The minimum absolute atomic E-state index is 0.0807. The van der Waals surface area contributed by atoms with E-state index in [1.807, 2.05) is 36.7 Å². The highest BCUT2D eigenvalue weighted by Gasteiger charge is 2.20.